The number of carbonyl (C=O) groups is 4. The molecule has 9 heteroatoms. The lowest BCUT2D eigenvalue weighted by Crippen LogP contribution is -2.52. The van der Waals surface area contributed by atoms with Crippen LogP contribution in [-0.4, -0.2) is 46.1 Å². The molecule has 1 heterocycles. The molecule has 0 saturated heterocycles. The third kappa shape index (κ3) is 3.96. The largest absolute Gasteiger partial charge is 0.481 e. The van der Waals surface area contributed by atoms with Gasteiger partial charge in [0, 0.05) is 6.42 Å². The highest BCUT2D eigenvalue weighted by atomic mass is 16.5. The van der Waals surface area contributed by atoms with Gasteiger partial charge in [-0.05, 0) is 18.6 Å². The molecule has 0 saturated carbocycles. The summed E-state index contributed by atoms with van der Waals surface area (Å²) in [6, 6.07) is 5.04. The molecule has 1 aliphatic rings. The Bertz CT molecular complexity index is 658. The van der Waals surface area contributed by atoms with Crippen molar-refractivity contribution in [3.05, 3.63) is 24.3 Å². The number of hydrogen-bond donors (Lipinski definition) is 4. The molecule has 1 unspecified atom stereocenters. The number of benzene rings is 1. The van der Waals surface area contributed by atoms with Crippen LogP contribution in [0.25, 0.3) is 0 Å². The summed E-state index contributed by atoms with van der Waals surface area (Å²) in [6.07, 6.45) is -2.28. The van der Waals surface area contributed by atoms with Gasteiger partial charge in [-0.15, -0.1) is 0 Å². The normalized spacial score (nSPS) is 17.2. The number of nitrogens with one attached hydrogen (secondary N) is 2. The summed E-state index contributed by atoms with van der Waals surface area (Å²) in [5.41, 5.74) is 0.405. The monoisotopic (exact) mass is 322 g/mol. The zero-order valence-electron chi connectivity index (χ0n) is 11.8. The highest BCUT2D eigenvalue weighted by Crippen LogP contribution is 2.28. The Morgan fingerprint density at radius 2 is 1.96 bits per heavy atom. The van der Waals surface area contributed by atoms with Gasteiger partial charge in [-0.1, -0.05) is 12.1 Å². The van der Waals surface area contributed by atoms with Crippen molar-refractivity contribution >= 4 is 29.4 Å². The van der Waals surface area contributed by atoms with Gasteiger partial charge in [0.05, 0.1) is 5.69 Å². The van der Waals surface area contributed by atoms with Gasteiger partial charge in [-0.25, -0.2) is 4.79 Å². The molecule has 2 rings (SSSR count). The van der Waals surface area contributed by atoms with E-state index >= 15 is 0 Å². The maximum Gasteiger partial charge on any atom is 0.326 e. The number of anilines is 1. The number of fused-ring (bicyclic) bond motifs is 1. The van der Waals surface area contributed by atoms with Gasteiger partial charge >= 0.3 is 11.9 Å². The maximum atomic E-state index is 12.1. The minimum atomic E-state index is -1.54. The number of amides is 2. The fourth-order valence-corrected chi connectivity index (χ4v) is 2.00. The third-order valence-electron chi connectivity index (χ3n) is 3.13. The Labute approximate surface area is 130 Å². The Morgan fingerprint density at radius 1 is 1.26 bits per heavy atom. The van der Waals surface area contributed by atoms with E-state index in [1.54, 1.807) is 24.3 Å². The summed E-state index contributed by atoms with van der Waals surface area (Å²) in [5.74, 6) is -3.98. The van der Waals surface area contributed by atoms with Crippen molar-refractivity contribution in [1.29, 1.82) is 0 Å². The maximum absolute atomic E-state index is 12.1. The van der Waals surface area contributed by atoms with Gasteiger partial charge in [-0.2, -0.15) is 0 Å². The zero-order valence-corrected chi connectivity index (χ0v) is 11.8. The van der Waals surface area contributed by atoms with Crippen molar-refractivity contribution < 1.29 is 34.1 Å². The van der Waals surface area contributed by atoms with E-state index < -0.39 is 42.3 Å². The first kappa shape index (κ1) is 16.3. The van der Waals surface area contributed by atoms with Crippen LogP contribution in [0.4, 0.5) is 5.69 Å². The standard InChI is InChI=1S/C14H14N2O7/c17-10(18)6-5-8(14(21)22)16-13(20)11-12(19)15-7-3-1-2-4-9(7)23-11/h1-4,8,11H,5-6H2,(H,15,19)(H,16,20)(H,17,18)(H,21,22)/t8-,11?/m1/s1. The van der Waals surface area contributed by atoms with Crippen molar-refractivity contribution in [3.8, 4) is 5.75 Å². The minimum absolute atomic E-state index is 0.282. The Hall–Kier alpha value is -3.10. The smallest absolute Gasteiger partial charge is 0.326 e. The minimum Gasteiger partial charge on any atom is -0.481 e. The highest BCUT2D eigenvalue weighted by molar-refractivity contribution is 6.11. The number of aliphatic carboxylic acids is 2. The average Bonchev–Trinajstić information content (AvgIpc) is 2.49. The Kier molecular flexibility index (Phi) is 4.79. The molecule has 122 valence electrons. The molecular formula is C14H14N2O7. The lowest BCUT2D eigenvalue weighted by Gasteiger charge is -2.26. The number of carboxylic acids is 2. The molecular weight excluding hydrogens is 308 g/mol. The van der Waals surface area contributed by atoms with Crippen molar-refractivity contribution in [2.24, 2.45) is 0 Å². The van der Waals surface area contributed by atoms with Crippen LogP contribution in [0.15, 0.2) is 24.3 Å². The summed E-state index contributed by atoms with van der Waals surface area (Å²) in [6.45, 7) is 0. The molecule has 2 atom stereocenters. The predicted octanol–water partition coefficient (Wildman–Crippen LogP) is -0.180. The summed E-state index contributed by atoms with van der Waals surface area (Å²) in [4.78, 5) is 45.5. The number of hydrogen-bond acceptors (Lipinski definition) is 5. The number of rotatable bonds is 6. The summed E-state index contributed by atoms with van der Waals surface area (Å²) in [5, 5.41) is 22.2. The molecule has 0 bridgehead atoms. The number of para-hydroxylation sites is 2. The molecule has 9 nitrogen and oxygen atoms in total. The number of ether oxygens (including phenoxy) is 1. The van der Waals surface area contributed by atoms with Gasteiger partial charge in [0.2, 0.25) is 0 Å². The second-order valence-corrected chi connectivity index (χ2v) is 4.82. The second-order valence-electron chi connectivity index (χ2n) is 4.82. The van der Waals surface area contributed by atoms with Crippen LogP contribution in [0.5, 0.6) is 5.75 Å². The molecule has 2 amide bonds. The van der Waals surface area contributed by atoms with Crippen LogP contribution < -0.4 is 15.4 Å². The van der Waals surface area contributed by atoms with Crippen LogP contribution >= 0.6 is 0 Å². The summed E-state index contributed by atoms with van der Waals surface area (Å²) < 4.78 is 5.28. The lowest BCUT2D eigenvalue weighted by molar-refractivity contribution is -0.146. The first-order chi connectivity index (χ1) is 10.9. The fourth-order valence-electron chi connectivity index (χ4n) is 2.00. The van der Waals surface area contributed by atoms with Crippen LogP contribution in [0.1, 0.15) is 12.8 Å². The molecule has 0 radical (unpaired) electrons. The molecule has 4 N–H and O–H groups in total. The van der Waals surface area contributed by atoms with E-state index in [-0.39, 0.29) is 12.2 Å². The molecule has 0 aromatic heterocycles. The number of carbonyl (C=O) groups excluding carboxylic acids is 2. The van der Waals surface area contributed by atoms with Crippen molar-refractivity contribution in [2.45, 2.75) is 25.0 Å². The molecule has 0 fully saturated rings. The SMILES string of the molecule is O=C(O)CC[C@@H](NC(=O)C1Oc2ccccc2NC1=O)C(=O)O. The lowest BCUT2D eigenvalue weighted by atomic mass is 10.1. The summed E-state index contributed by atoms with van der Waals surface area (Å²) in [7, 11) is 0. The average molecular weight is 322 g/mol. The van der Waals surface area contributed by atoms with E-state index in [2.05, 4.69) is 10.6 Å². The molecule has 1 aromatic rings. The van der Waals surface area contributed by atoms with E-state index in [1.165, 1.54) is 0 Å². The van der Waals surface area contributed by atoms with Crippen molar-refractivity contribution in [2.75, 3.05) is 5.32 Å². The van der Waals surface area contributed by atoms with E-state index in [4.69, 9.17) is 14.9 Å². The van der Waals surface area contributed by atoms with E-state index in [9.17, 15) is 19.2 Å². The van der Waals surface area contributed by atoms with Gasteiger partial charge in [0.15, 0.2) is 0 Å². The summed E-state index contributed by atoms with van der Waals surface area (Å²) >= 11 is 0. The topological polar surface area (TPSA) is 142 Å². The molecule has 0 aliphatic carbocycles. The van der Waals surface area contributed by atoms with E-state index in [1.807, 2.05) is 0 Å². The Morgan fingerprint density at radius 3 is 2.61 bits per heavy atom. The molecule has 0 spiro atoms. The van der Waals surface area contributed by atoms with Crippen molar-refractivity contribution in [1.82, 2.24) is 5.32 Å². The van der Waals surface area contributed by atoms with Gasteiger partial charge in [0.1, 0.15) is 11.8 Å². The predicted molar refractivity (Wildman–Crippen MR) is 75.9 cm³/mol. The zero-order chi connectivity index (χ0) is 17.0. The Balaban J connectivity index is 2.06. The quantitative estimate of drug-likeness (QED) is 0.532. The van der Waals surface area contributed by atoms with Crippen LogP contribution in [0, 0.1) is 0 Å². The third-order valence-corrected chi connectivity index (χ3v) is 3.13. The van der Waals surface area contributed by atoms with Gasteiger partial charge in [0.25, 0.3) is 17.9 Å². The second kappa shape index (κ2) is 6.77. The van der Waals surface area contributed by atoms with Gasteiger partial charge in [-0.3, -0.25) is 14.4 Å². The van der Waals surface area contributed by atoms with Crippen LogP contribution in [-0.2, 0) is 19.2 Å². The van der Waals surface area contributed by atoms with E-state index in [0.29, 0.717) is 5.69 Å². The van der Waals surface area contributed by atoms with Crippen LogP contribution in [0.3, 0.4) is 0 Å². The molecule has 1 aliphatic heterocycles. The first-order valence-electron chi connectivity index (χ1n) is 6.70. The molecule has 23 heavy (non-hydrogen) atoms. The molecule has 1 aromatic carbocycles. The van der Waals surface area contributed by atoms with Crippen molar-refractivity contribution in [3.63, 3.8) is 0 Å². The van der Waals surface area contributed by atoms with Crippen LogP contribution in [0.2, 0.25) is 0 Å². The fraction of sp³-hybridized carbons (Fsp3) is 0.286. The van der Waals surface area contributed by atoms with Gasteiger partial charge < -0.3 is 25.6 Å². The highest BCUT2D eigenvalue weighted by Gasteiger charge is 2.35. The first-order valence-corrected chi connectivity index (χ1v) is 6.70. The van der Waals surface area contributed by atoms with E-state index in [0.717, 1.165) is 0 Å². The number of carboxylic acid groups (broad SMARTS) is 2.